The fourth-order valence-corrected chi connectivity index (χ4v) is 3.66. The van der Waals surface area contributed by atoms with Crippen molar-refractivity contribution in [3.05, 3.63) is 29.8 Å². The van der Waals surface area contributed by atoms with Gasteiger partial charge in [0.2, 0.25) is 0 Å². The van der Waals surface area contributed by atoms with Crippen molar-refractivity contribution >= 4 is 5.69 Å². The van der Waals surface area contributed by atoms with E-state index in [9.17, 15) is 0 Å². The molecule has 1 aromatic rings. The minimum atomic E-state index is 0.424. The van der Waals surface area contributed by atoms with Gasteiger partial charge in [-0.25, -0.2) is 0 Å². The first-order valence-electron chi connectivity index (χ1n) is 7.72. The largest absolute Gasteiger partial charge is 0.399 e. The topological polar surface area (TPSA) is 29.3 Å². The average molecular weight is 258 g/mol. The Hall–Kier alpha value is -1.02. The first kappa shape index (κ1) is 13.0. The van der Waals surface area contributed by atoms with Crippen LogP contribution in [0.2, 0.25) is 0 Å². The van der Waals surface area contributed by atoms with Gasteiger partial charge in [-0.15, -0.1) is 0 Å². The molecule has 0 aromatic heterocycles. The average Bonchev–Trinajstić information content (AvgIpc) is 3.16. The van der Waals surface area contributed by atoms with Crippen molar-refractivity contribution in [1.29, 1.82) is 0 Å². The number of likely N-dealkylation sites (tertiary alicyclic amines) is 1. The molecule has 2 aliphatic rings. The van der Waals surface area contributed by atoms with Crippen LogP contribution < -0.4 is 5.73 Å². The van der Waals surface area contributed by atoms with Crippen molar-refractivity contribution in [2.75, 3.05) is 12.3 Å². The lowest BCUT2D eigenvalue weighted by molar-refractivity contribution is 0.0917. The summed E-state index contributed by atoms with van der Waals surface area (Å²) in [7, 11) is 0. The number of piperidine rings is 1. The Morgan fingerprint density at radius 3 is 2.21 bits per heavy atom. The van der Waals surface area contributed by atoms with Crippen LogP contribution in [0.1, 0.15) is 51.5 Å². The maximum atomic E-state index is 5.81. The summed E-state index contributed by atoms with van der Waals surface area (Å²) in [5.74, 6) is 0. The lowest BCUT2D eigenvalue weighted by atomic mass is 9.90. The molecule has 0 radical (unpaired) electrons. The monoisotopic (exact) mass is 258 g/mol. The number of nitrogens with two attached hydrogens (primary N) is 1. The van der Waals surface area contributed by atoms with Crippen LogP contribution in [0.3, 0.4) is 0 Å². The summed E-state index contributed by atoms with van der Waals surface area (Å²) in [5, 5.41) is 0. The van der Waals surface area contributed by atoms with Crippen LogP contribution in [0, 0.1) is 0 Å². The third-order valence-corrected chi connectivity index (χ3v) is 5.24. The zero-order chi connectivity index (χ0) is 13.5. The molecular formula is C17H26N2. The van der Waals surface area contributed by atoms with E-state index in [1.165, 1.54) is 44.2 Å². The van der Waals surface area contributed by atoms with E-state index in [-0.39, 0.29) is 0 Å². The molecule has 1 saturated carbocycles. The zero-order valence-corrected chi connectivity index (χ0v) is 12.2. The second-order valence-corrected chi connectivity index (χ2v) is 6.70. The van der Waals surface area contributed by atoms with Gasteiger partial charge in [0.1, 0.15) is 0 Å². The van der Waals surface area contributed by atoms with Gasteiger partial charge >= 0.3 is 0 Å². The summed E-state index contributed by atoms with van der Waals surface area (Å²) in [4.78, 5) is 2.74. The Labute approximate surface area is 117 Å². The van der Waals surface area contributed by atoms with Crippen molar-refractivity contribution in [1.82, 2.24) is 4.90 Å². The van der Waals surface area contributed by atoms with Gasteiger partial charge in [-0.3, -0.25) is 4.90 Å². The fraction of sp³-hybridized carbons (Fsp3) is 0.647. The van der Waals surface area contributed by atoms with Gasteiger partial charge in [0, 0.05) is 29.7 Å². The molecule has 1 heterocycles. The van der Waals surface area contributed by atoms with Crippen LogP contribution in [0.25, 0.3) is 0 Å². The maximum Gasteiger partial charge on any atom is 0.0314 e. The Balaban J connectivity index is 1.76. The van der Waals surface area contributed by atoms with Gasteiger partial charge in [-0.2, -0.15) is 0 Å². The third-order valence-electron chi connectivity index (χ3n) is 5.24. The number of anilines is 1. The molecule has 2 unspecified atom stereocenters. The quantitative estimate of drug-likeness (QED) is 0.840. The number of nitrogens with zero attached hydrogens (tertiary/aromatic N) is 1. The predicted molar refractivity (Wildman–Crippen MR) is 81.2 cm³/mol. The minimum absolute atomic E-state index is 0.424. The second kappa shape index (κ2) is 4.82. The van der Waals surface area contributed by atoms with Crippen LogP contribution in [0.15, 0.2) is 24.3 Å². The maximum absolute atomic E-state index is 5.81. The summed E-state index contributed by atoms with van der Waals surface area (Å²) in [6.07, 6.45) is 6.80. The number of rotatable bonds is 3. The van der Waals surface area contributed by atoms with Gasteiger partial charge in [0.05, 0.1) is 0 Å². The molecule has 1 aliphatic heterocycles. The molecule has 0 bridgehead atoms. The third kappa shape index (κ3) is 2.51. The molecule has 2 nitrogen and oxygen atoms in total. The molecular weight excluding hydrogens is 232 g/mol. The van der Waals surface area contributed by atoms with E-state index in [0.717, 1.165) is 17.8 Å². The Kier molecular flexibility index (Phi) is 3.30. The summed E-state index contributed by atoms with van der Waals surface area (Å²) >= 11 is 0. The first-order valence-corrected chi connectivity index (χ1v) is 7.72. The van der Waals surface area contributed by atoms with E-state index in [4.69, 9.17) is 5.73 Å². The molecule has 104 valence electrons. The molecule has 1 aromatic carbocycles. The molecule has 3 rings (SSSR count). The number of nitrogen functional groups attached to an aromatic ring is 1. The van der Waals surface area contributed by atoms with Crippen LogP contribution >= 0.6 is 0 Å². The van der Waals surface area contributed by atoms with E-state index >= 15 is 0 Å². The van der Waals surface area contributed by atoms with Gasteiger partial charge < -0.3 is 5.73 Å². The highest BCUT2D eigenvalue weighted by atomic mass is 15.2. The predicted octanol–water partition coefficient (Wildman–Crippen LogP) is 3.56. The number of hydrogen-bond donors (Lipinski definition) is 1. The van der Waals surface area contributed by atoms with E-state index < -0.39 is 0 Å². The van der Waals surface area contributed by atoms with Crippen molar-refractivity contribution in [2.45, 2.75) is 63.5 Å². The molecule has 2 atom stereocenters. The SMILES string of the molecule is CC1CCCC(C)N1CC1(c2ccc(N)cc2)CC1. The fourth-order valence-electron chi connectivity index (χ4n) is 3.66. The summed E-state index contributed by atoms with van der Waals surface area (Å²) < 4.78 is 0. The lowest BCUT2D eigenvalue weighted by Gasteiger charge is -2.41. The van der Waals surface area contributed by atoms with Crippen molar-refractivity contribution < 1.29 is 0 Å². The highest BCUT2D eigenvalue weighted by Gasteiger charge is 2.46. The molecule has 1 saturated heterocycles. The minimum Gasteiger partial charge on any atom is -0.399 e. The molecule has 0 spiro atoms. The highest BCUT2D eigenvalue weighted by molar-refractivity contribution is 5.43. The molecule has 1 aliphatic carbocycles. The Morgan fingerprint density at radius 1 is 1.11 bits per heavy atom. The number of benzene rings is 1. The molecule has 0 amide bonds. The van der Waals surface area contributed by atoms with Crippen LogP contribution in [0.4, 0.5) is 5.69 Å². The van der Waals surface area contributed by atoms with Gasteiger partial charge in [0.25, 0.3) is 0 Å². The summed E-state index contributed by atoms with van der Waals surface area (Å²) in [6, 6.07) is 10.1. The van der Waals surface area contributed by atoms with Crippen molar-refractivity contribution in [3.63, 3.8) is 0 Å². The van der Waals surface area contributed by atoms with Gasteiger partial charge in [-0.1, -0.05) is 18.6 Å². The smallest absolute Gasteiger partial charge is 0.0314 e. The van der Waals surface area contributed by atoms with Crippen LogP contribution in [-0.2, 0) is 5.41 Å². The normalized spacial score (nSPS) is 30.2. The Morgan fingerprint density at radius 2 is 1.68 bits per heavy atom. The van der Waals surface area contributed by atoms with Gasteiger partial charge in [-0.05, 0) is 57.2 Å². The molecule has 2 N–H and O–H groups in total. The first-order chi connectivity index (χ1) is 9.11. The van der Waals surface area contributed by atoms with Crippen LogP contribution in [-0.4, -0.2) is 23.5 Å². The van der Waals surface area contributed by atoms with Crippen molar-refractivity contribution in [3.8, 4) is 0 Å². The molecule has 2 heteroatoms. The summed E-state index contributed by atoms with van der Waals surface area (Å²) in [5.41, 5.74) is 8.60. The lowest BCUT2D eigenvalue weighted by Crippen LogP contribution is -2.47. The standard InChI is InChI=1S/C17H26N2/c1-13-4-3-5-14(2)19(13)12-17(10-11-17)15-6-8-16(18)9-7-15/h6-9,13-14H,3-5,10-12,18H2,1-2H3. The molecule has 2 fully saturated rings. The molecule has 19 heavy (non-hydrogen) atoms. The Bertz CT molecular complexity index is 423. The second-order valence-electron chi connectivity index (χ2n) is 6.70. The highest BCUT2D eigenvalue weighted by Crippen LogP contribution is 2.49. The number of hydrogen-bond acceptors (Lipinski definition) is 2. The van der Waals surface area contributed by atoms with Gasteiger partial charge in [0.15, 0.2) is 0 Å². The van der Waals surface area contributed by atoms with E-state index in [1.807, 2.05) is 0 Å². The van der Waals surface area contributed by atoms with E-state index in [1.54, 1.807) is 0 Å². The summed E-state index contributed by atoms with van der Waals surface area (Å²) in [6.45, 7) is 6.03. The van der Waals surface area contributed by atoms with E-state index in [2.05, 4.69) is 43.0 Å². The van der Waals surface area contributed by atoms with Crippen molar-refractivity contribution in [2.24, 2.45) is 0 Å². The van der Waals surface area contributed by atoms with Crippen LogP contribution in [0.5, 0.6) is 0 Å². The zero-order valence-electron chi connectivity index (χ0n) is 12.2. The van der Waals surface area contributed by atoms with E-state index in [0.29, 0.717) is 5.41 Å².